The average molecular weight is 295 g/mol. The zero-order valence-electron chi connectivity index (χ0n) is 12.4. The van der Waals surface area contributed by atoms with Crippen LogP contribution in [0.15, 0.2) is 17.5 Å². The van der Waals surface area contributed by atoms with Crippen molar-refractivity contribution in [1.82, 2.24) is 5.32 Å². The Balaban J connectivity index is 1.66. The highest BCUT2D eigenvalue weighted by Gasteiger charge is 2.41. The van der Waals surface area contributed by atoms with Crippen molar-refractivity contribution in [1.29, 1.82) is 0 Å². The predicted octanol–water partition coefficient (Wildman–Crippen LogP) is 3.37. The normalized spacial score (nSPS) is 32.0. The number of thiophene rings is 1. The van der Waals surface area contributed by atoms with Gasteiger partial charge in [-0.2, -0.15) is 0 Å². The Morgan fingerprint density at radius 2 is 2.30 bits per heavy atom. The van der Waals surface area contributed by atoms with Crippen LogP contribution in [0, 0.1) is 5.92 Å². The number of hydrogen-bond donors (Lipinski definition) is 1. The minimum absolute atomic E-state index is 0.00705. The quantitative estimate of drug-likeness (QED) is 0.924. The van der Waals surface area contributed by atoms with E-state index in [0.717, 1.165) is 39.1 Å². The molecule has 3 nitrogen and oxygen atoms in total. The molecule has 1 aromatic heterocycles. The third-order valence-corrected chi connectivity index (χ3v) is 5.45. The molecule has 3 heterocycles. The fourth-order valence-electron chi connectivity index (χ4n) is 3.36. The summed E-state index contributed by atoms with van der Waals surface area (Å²) in [5.41, 5.74) is -0.00705. The largest absolute Gasteiger partial charge is 0.378 e. The molecule has 0 saturated carbocycles. The van der Waals surface area contributed by atoms with E-state index in [4.69, 9.17) is 9.47 Å². The van der Waals surface area contributed by atoms with Gasteiger partial charge in [-0.1, -0.05) is 19.9 Å². The first-order chi connectivity index (χ1) is 9.69. The zero-order valence-corrected chi connectivity index (χ0v) is 13.2. The molecule has 3 atom stereocenters. The summed E-state index contributed by atoms with van der Waals surface area (Å²) in [6, 6.07) is 5.39. The Morgan fingerprint density at radius 3 is 2.95 bits per heavy atom. The van der Waals surface area contributed by atoms with Crippen LogP contribution in [-0.4, -0.2) is 31.5 Å². The Kier molecular flexibility index (Phi) is 4.46. The molecule has 0 radical (unpaired) electrons. The van der Waals surface area contributed by atoms with Gasteiger partial charge < -0.3 is 14.8 Å². The van der Waals surface area contributed by atoms with Crippen LogP contribution in [0.2, 0.25) is 0 Å². The van der Waals surface area contributed by atoms with Crippen LogP contribution < -0.4 is 5.32 Å². The summed E-state index contributed by atoms with van der Waals surface area (Å²) >= 11 is 1.85. The van der Waals surface area contributed by atoms with Crippen LogP contribution in [0.25, 0.3) is 0 Å². The monoisotopic (exact) mass is 295 g/mol. The first-order valence-electron chi connectivity index (χ1n) is 7.70. The van der Waals surface area contributed by atoms with Crippen LogP contribution in [0.5, 0.6) is 0 Å². The molecule has 20 heavy (non-hydrogen) atoms. The fourth-order valence-corrected chi connectivity index (χ4v) is 4.32. The first kappa shape index (κ1) is 14.5. The molecule has 1 N–H and O–H groups in total. The van der Waals surface area contributed by atoms with Gasteiger partial charge in [-0.05, 0) is 30.2 Å². The molecule has 2 aliphatic rings. The Morgan fingerprint density at radius 1 is 1.40 bits per heavy atom. The molecule has 4 heteroatoms. The van der Waals surface area contributed by atoms with Gasteiger partial charge in [0, 0.05) is 36.6 Å². The number of nitrogens with one attached hydrogen (secondary N) is 1. The smallest absolute Gasteiger partial charge is 0.0951 e. The molecule has 3 unspecified atom stereocenters. The van der Waals surface area contributed by atoms with E-state index < -0.39 is 0 Å². The van der Waals surface area contributed by atoms with E-state index in [2.05, 4.69) is 36.7 Å². The van der Waals surface area contributed by atoms with Crippen molar-refractivity contribution >= 4 is 11.3 Å². The van der Waals surface area contributed by atoms with Crippen LogP contribution in [0.4, 0.5) is 0 Å². The number of hydrogen-bond acceptors (Lipinski definition) is 4. The van der Waals surface area contributed by atoms with Gasteiger partial charge in [-0.15, -0.1) is 11.3 Å². The van der Waals surface area contributed by atoms with Gasteiger partial charge in [0.1, 0.15) is 0 Å². The lowest BCUT2D eigenvalue weighted by atomic mass is 9.88. The summed E-state index contributed by atoms with van der Waals surface area (Å²) in [6.07, 6.45) is 3.24. The summed E-state index contributed by atoms with van der Waals surface area (Å²) < 4.78 is 11.6. The standard InChI is InChI=1S/C16H25NO2S/c1-12(2)15(14-4-3-9-20-14)17-13-5-7-19-16(10-13)6-8-18-11-16/h3-4,9,12-13,15,17H,5-8,10-11H2,1-2H3. The van der Waals surface area contributed by atoms with Gasteiger partial charge in [0.15, 0.2) is 0 Å². The van der Waals surface area contributed by atoms with Gasteiger partial charge in [-0.25, -0.2) is 0 Å². The molecule has 112 valence electrons. The van der Waals surface area contributed by atoms with Crippen molar-refractivity contribution in [2.45, 2.75) is 50.8 Å². The molecule has 0 aliphatic carbocycles. The molecule has 1 spiro atoms. The lowest BCUT2D eigenvalue weighted by Gasteiger charge is -2.39. The van der Waals surface area contributed by atoms with Crippen molar-refractivity contribution in [3.05, 3.63) is 22.4 Å². The highest BCUT2D eigenvalue weighted by atomic mass is 32.1. The molecule has 2 saturated heterocycles. The predicted molar refractivity (Wildman–Crippen MR) is 82.2 cm³/mol. The lowest BCUT2D eigenvalue weighted by molar-refractivity contribution is -0.0908. The van der Waals surface area contributed by atoms with Gasteiger partial charge >= 0.3 is 0 Å². The Hall–Kier alpha value is -0.420. The van der Waals surface area contributed by atoms with Gasteiger partial charge in [0.2, 0.25) is 0 Å². The molecule has 3 rings (SSSR count). The van der Waals surface area contributed by atoms with Crippen LogP contribution in [0.1, 0.15) is 44.0 Å². The van der Waals surface area contributed by atoms with E-state index >= 15 is 0 Å². The zero-order chi connectivity index (χ0) is 14.0. The number of ether oxygens (including phenoxy) is 2. The SMILES string of the molecule is CC(C)C(NC1CCOC2(CCOC2)C1)c1cccs1. The van der Waals surface area contributed by atoms with Crippen molar-refractivity contribution in [3.8, 4) is 0 Å². The lowest BCUT2D eigenvalue weighted by Crippen LogP contribution is -2.48. The highest BCUT2D eigenvalue weighted by Crippen LogP contribution is 2.35. The summed E-state index contributed by atoms with van der Waals surface area (Å²) in [4.78, 5) is 1.45. The molecule has 1 aromatic rings. The second-order valence-electron chi connectivity index (χ2n) is 6.43. The second-order valence-corrected chi connectivity index (χ2v) is 7.41. The topological polar surface area (TPSA) is 30.5 Å². The third-order valence-electron chi connectivity index (χ3n) is 4.49. The molecule has 0 aromatic carbocycles. The molecular weight excluding hydrogens is 270 g/mol. The summed E-state index contributed by atoms with van der Waals surface area (Å²) in [5, 5.41) is 6.05. The van der Waals surface area contributed by atoms with E-state index in [1.54, 1.807) is 0 Å². The summed E-state index contributed by atoms with van der Waals surface area (Å²) in [5.74, 6) is 0.604. The number of rotatable bonds is 4. The van der Waals surface area contributed by atoms with Crippen molar-refractivity contribution in [2.24, 2.45) is 5.92 Å². The minimum Gasteiger partial charge on any atom is -0.378 e. The maximum absolute atomic E-state index is 6.03. The molecular formula is C16H25NO2S. The highest BCUT2D eigenvalue weighted by molar-refractivity contribution is 7.10. The minimum atomic E-state index is -0.00705. The van der Waals surface area contributed by atoms with Crippen molar-refractivity contribution < 1.29 is 9.47 Å². The molecule has 2 fully saturated rings. The van der Waals surface area contributed by atoms with E-state index in [1.165, 1.54) is 4.88 Å². The summed E-state index contributed by atoms with van der Waals surface area (Å²) in [6.45, 7) is 7.08. The van der Waals surface area contributed by atoms with Crippen LogP contribution in [0.3, 0.4) is 0 Å². The van der Waals surface area contributed by atoms with Crippen LogP contribution in [-0.2, 0) is 9.47 Å². The van der Waals surface area contributed by atoms with Gasteiger partial charge in [0.05, 0.1) is 12.2 Å². The Bertz CT molecular complexity index is 412. The maximum Gasteiger partial charge on any atom is 0.0951 e. The molecule has 0 amide bonds. The molecule has 2 aliphatic heterocycles. The van der Waals surface area contributed by atoms with E-state index in [0.29, 0.717) is 18.0 Å². The second kappa shape index (κ2) is 6.14. The summed E-state index contributed by atoms with van der Waals surface area (Å²) in [7, 11) is 0. The Labute approximate surface area is 125 Å². The van der Waals surface area contributed by atoms with E-state index in [-0.39, 0.29) is 5.60 Å². The van der Waals surface area contributed by atoms with Crippen LogP contribution >= 0.6 is 11.3 Å². The van der Waals surface area contributed by atoms with E-state index in [9.17, 15) is 0 Å². The van der Waals surface area contributed by atoms with Gasteiger partial charge in [0.25, 0.3) is 0 Å². The first-order valence-corrected chi connectivity index (χ1v) is 8.58. The van der Waals surface area contributed by atoms with E-state index in [1.807, 2.05) is 11.3 Å². The average Bonchev–Trinajstić information content (AvgIpc) is 3.08. The fraction of sp³-hybridized carbons (Fsp3) is 0.750. The van der Waals surface area contributed by atoms with Crippen molar-refractivity contribution in [2.75, 3.05) is 19.8 Å². The third kappa shape index (κ3) is 3.08. The van der Waals surface area contributed by atoms with Crippen molar-refractivity contribution in [3.63, 3.8) is 0 Å². The molecule has 0 bridgehead atoms. The van der Waals surface area contributed by atoms with Gasteiger partial charge in [-0.3, -0.25) is 0 Å². The maximum atomic E-state index is 6.03.